The van der Waals surface area contributed by atoms with Crippen LogP contribution < -0.4 is 4.74 Å². The molecule has 1 aliphatic rings. The Kier molecular flexibility index (Phi) is 3.11. The summed E-state index contributed by atoms with van der Waals surface area (Å²) < 4.78 is 5.54. The minimum atomic E-state index is -0.951. The van der Waals surface area contributed by atoms with Crippen LogP contribution in [0.3, 0.4) is 0 Å². The van der Waals surface area contributed by atoms with E-state index in [0.29, 0.717) is 12.2 Å². The Bertz CT molecular complexity index is 503. The van der Waals surface area contributed by atoms with E-state index < -0.39 is 5.97 Å². The second kappa shape index (κ2) is 4.44. The van der Waals surface area contributed by atoms with Gasteiger partial charge in [-0.15, -0.1) is 0 Å². The fourth-order valence-corrected chi connectivity index (χ4v) is 2.06. The molecule has 1 aliphatic heterocycles. The molecule has 0 saturated heterocycles. The highest BCUT2D eigenvalue weighted by Crippen LogP contribution is 2.38. The number of fused-ring (bicyclic) bond motifs is 1. The van der Waals surface area contributed by atoms with Gasteiger partial charge in [-0.05, 0) is 18.2 Å². The Hall–Kier alpha value is -1.84. The van der Waals surface area contributed by atoms with Crippen molar-refractivity contribution in [3.8, 4) is 5.75 Å². The van der Waals surface area contributed by atoms with Crippen molar-refractivity contribution < 1.29 is 19.4 Å². The summed E-state index contributed by atoms with van der Waals surface area (Å²) in [6, 6.07) is 5.31. The molecule has 0 spiro atoms. The lowest BCUT2D eigenvalue weighted by Crippen LogP contribution is -2.18. The number of carbonyl (C=O) groups is 2. The predicted molar refractivity (Wildman–Crippen MR) is 66.2 cm³/mol. The fourth-order valence-electron chi connectivity index (χ4n) is 2.06. The molecule has 0 aliphatic carbocycles. The number of ether oxygens (including phenoxy) is 1. The average molecular weight is 248 g/mol. The monoisotopic (exact) mass is 248 g/mol. The third-order valence-corrected chi connectivity index (χ3v) is 3.19. The van der Waals surface area contributed by atoms with Crippen LogP contribution in [-0.4, -0.2) is 23.5 Å². The van der Waals surface area contributed by atoms with Gasteiger partial charge in [-0.3, -0.25) is 9.59 Å². The van der Waals surface area contributed by atoms with E-state index in [2.05, 4.69) is 13.8 Å². The Labute approximate surface area is 106 Å². The number of aliphatic carboxylic acids is 1. The zero-order chi connectivity index (χ0) is 13.3. The number of carboxylic acids is 1. The molecule has 0 amide bonds. The molecule has 1 aromatic rings. The van der Waals surface area contributed by atoms with Gasteiger partial charge in [0.15, 0.2) is 5.78 Å². The van der Waals surface area contributed by atoms with E-state index in [-0.39, 0.29) is 24.0 Å². The lowest BCUT2D eigenvalue weighted by atomic mass is 9.85. The third-order valence-electron chi connectivity index (χ3n) is 3.19. The Morgan fingerprint density at radius 3 is 2.72 bits per heavy atom. The predicted octanol–water partition coefficient (Wildman–Crippen LogP) is 2.40. The van der Waals surface area contributed by atoms with Crippen molar-refractivity contribution in [2.75, 3.05) is 6.61 Å². The summed E-state index contributed by atoms with van der Waals surface area (Å²) in [5.74, 6) is -0.272. The largest absolute Gasteiger partial charge is 0.492 e. The summed E-state index contributed by atoms with van der Waals surface area (Å²) in [6.07, 6.45) is -0.0920. The van der Waals surface area contributed by atoms with Gasteiger partial charge < -0.3 is 9.84 Å². The number of hydrogen-bond donors (Lipinski definition) is 1. The van der Waals surface area contributed by atoms with Gasteiger partial charge in [0.1, 0.15) is 5.75 Å². The third kappa shape index (κ3) is 2.37. The highest BCUT2D eigenvalue weighted by Gasteiger charge is 2.32. The molecule has 0 bridgehead atoms. The van der Waals surface area contributed by atoms with Gasteiger partial charge >= 0.3 is 5.97 Å². The number of hydrogen-bond acceptors (Lipinski definition) is 3. The first-order valence-electron chi connectivity index (χ1n) is 5.92. The standard InChI is InChI=1S/C14H16O4/c1-14(2)8-18-12-5-3-9(7-10(12)14)11(15)4-6-13(16)17/h3,5,7H,4,6,8H2,1-2H3,(H,16,17). The smallest absolute Gasteiger partial charge is 0.303 e. The maximum atomic E-state index is 11.9. The number of carbonyl (C=O) groups excluding carboxylic acids is 1. The highest BCUT2D eigenvalue weighted by molar-refractivity contribution is 5.97. The number of benzene rings is 1. The quantitative estimate of drug-likeness (QED) is 0.831. The van der Waals surface area contributed by atoms with Crippen molar-refractivity contribution in [2.45, 2.75) is 32.1 Å². The van der Waals surface area contributed by atoms with Crippen molar-refractivity contribution in [2.24, 2.45) is 0 Å². The molecule has 4 nitrogen and oxygen atoms in total. The molecule has 0 aromatic heterocycles. The van der Waals surface area contributed by atoms with Gasteiger partial charge in [-0.1, -0.05) is 13.8 Å². The van der Waals surface area contributed by atoms with Crippen molar-refractivity contribution >= 4 is 11.8 Å². The fraction of sp³-hybridized carbons (Fsp3) is 0.429. The molecule has 96 valence electrons. The summed E-state index contributed by atoms with van der Waals surface area (Å²) in [4.78, 5) is 22.3. The summed E-state index contributed by atoms with van der Waals surface area (Å²) in [5.41, 5.74) is 1.48. The molecular formula is C14H16O4. The van der Waals surface area contributed by atoms with Crippen LogP contribution in [0.2, 0.25) is 0 Å². The van der Waals surface area contributed by atoms with Crippen LogP contribution in [0.1, 0.15) is 42.6 Å². The van der Waals surface area contributed by atoms with E-state index in [1.807, 2.05) is 6.07 Å². The van der Waals surface area contributed by atoms with Gasteiger partial charge in [0, 0.05) is 23.0 Å². The van der Waals surface area contributed by atoms with Gasteiger partial charge in [0.2, 0.25) is 0 Å². The lowest BCUT2D eigenvalue weighted by Gasteiger charge is -2.15. The zero-order valence-corrected chi connectivity index (χ0v) is 10.5. The normalized spacial score (nSPS) is 15.9. The van der Waals surface area contributed by atoms with Gasteiger partial charge in [-0.2, -0.15) is 0 Å². The van der Waals surface area contributed by atoms with Crippen LogP contribution in [0, 0.1) is 0 Å². The van der Waals surface area contributed by atoms with Gasteiger partial charge in [-0.25, -0.2) is 0 Å². The minimum Gasteiger partial charge on any atom is -0.492 e. The van der Waals surface area contributed by atoms with Crippen molar-refractivity contribution in [3.63, 3.8) is 0 Å². The Balaban J connectivity index is 2.21. The minimum absolute atomic E-state index is 0.0371. The van der Waals surface area contributed by atoms with Gasteiger partial charge in [0.25, 0.3) is 0 Å². The SMILES string of the molecule is CC1(C)COc2ccc(C(=O)CCC(=O)O)cc21. The molecule has 1 aromatic carbocycles. The van der Waals surface area contributed by atoms with Gasteiger partial charge in [0.05, 0.1) is 13.0 Å². The van der Waals surface area contributed by atoms with E-state index in [4.69, 9.17) is 9.84 Å². The number of carboxylic acid groups (broad SMARTS) is 1. The van der Waals surface area contributed by atoms with Crippen molar-refractivity contribution in [1.29, 1.82) is 0 Å². The summed E-state index contributed by atoms with van der Waals surface area (Å²) >= 11 is 0. The molecule has 2 rings (SSSR count). The number of Topliss-reactive ketones (excluding diaryl/α,β-unsaturated/α-hetero) is 1. The first-order chi connectivity index (χ1) is 8.40. The molecule has 4 heteroatoms. The number of rotatable bonds is 4. The molecule has 18 heavy (non-hydrogen) atoms. The zero-order valence-electron chi connectivity index (χ0n) is 10.5. The maximum absolute atomic E-state index is 11.9. The first-order valence-corrected chi connectivity index (χ1v) is 5.92. The second-order valence-corrected chi connectivity index (χ2v) is 5.20. The molecule has 1 N–H and O–H groups in total. The Morgan fingerprint density at radius 2 is 2.06 bits per heavy atom. The lowest BCUT2D eigenvalue weighted by molar-refractivity contribution is -0.136. The van der Waals surface area contributed by atoms with E-state index in [9.17, 15) is 9.59 Å². The van der Waals surface area contributed by atoms with E-state index in [1.165, 1.54) is 0 Å². The van der Waals surface area contributed by atoms with Crippen LogP contribution in [-0.2, 0) is 10.2 Å². The summed E-state index contributed by atoms with van der Waals surface area (Å²) in [7, 11) is 0. The topological polar surface area (TPSA) is 63.6 Å². The second-order valence-electron chi connectivity index (χ2n) is 5.20. The molecule has 0 saturated carbocycles. The van der Waals surface area contributed by atoms with Crippen molar-refractivity contribution in [1.82, 2.24) is 0 Å². The molecular weight excluding hydrogens is 232 g/mol. The number of ketones is 1. The highest BCUT2D eigenvalue weighted by atomic mass is 16.5. The van der Waals surface area contributed by atoms with E-state index in [1.54, 1.807) is 12.1 Å². The Morgan fingerprint density at radius 1 is 1.33 bits per heavy atom. The van der Waals surface area contributed by atoms with Crippen LogP contribution in [0.25, 0.3) is 0 Å². The molecule has 1 heterocycles. The molecule has 0 unspecified atom stereocenters. The average Bonchev–Trinajstić information content (AvgIpc) is 2.62. The summed E-state index contributed by atoms with van der Waals surface area (Å²) in [5, 5.41) is 8.58. The first kappa shape index (κ1) is 12.6. The maximum Gasteiger partial charge on any atom is 0.303 e. The van der Waals surface area contributed by atoms with Crippen LogP contribution in [0.15, 0.2) is 18.2 Å². The molecule has 0 fully saturated rings. The van der Waals surface area contributed by atoms with E-state index >= 15 is 0 Å². The van der Waals surface area contributed by atoms with Crippen LogP contribution in [0.4, 0.5) is 0 Å². The summed E-state index contributed by atoms with van der Waals surface area (Å²) in [6.45, 7) is 4.73. The molecule has 0 atom stereocenters. The van der Waals surface area contributed by atoms with E-state index in [0.717, 1.165) is 11.3 Å². The van der Waals surface area contributed by atoms with Crippen LogP contribution >= 0.6 is 0 Å². The van der Waals surface area contributed by atoms with Crippen molar-refractivity contribution in [3.05, 3.63) is 29.3 Å². The molecule has 0 radical (unpaired) electrons. The van der Waals surface area contributed by atoms with Crippen LogP contribution in [0.5, 0.6) is 5.75 Å².